The van der Waals surface area contributed by atoms with Crippen LogP contribution in [0.5, 0.6) is 0 Å². The van der Waals surface area contributed by atoms with E-state index in [1.165, 1.54) is 22.2 Å². The van der Waals surface area contributed by atoms with E-state index in [2.05, 4.69) is 4.98 Å². The Balaban J connectivity index is 1.92. The minimum atomic E-state index is -0.356. The summed E-state index contributed by atoms with van der Waals surface area (Å²) in [7, 11) is 0. The Morgan fingerprint density at radius 3 is 2.87 bits per heavy atom. The van der Waals surface area contributed by atoms with E-state index in [1.54, 1.807) is 4.90 Å². The summed E-state index contributed by atoms with van der Waals surface area (Å²) in [6, 6.07) is 0. The van der Waals surface area contributed by atoms with Crippen molar-refractivity contribution in [1.82, 2.24) is 14.5 Å². The highest BCUT2D eigenvalue weighted by molar-refractivity contribution is 7.18. The average Bonchev–Trinajstić information content (AvgIpc) is 2.77. The summed E-state index contributed by atoms with van der Waals surface area (Å²) >= 11 is 1.51. The van der Waals surface area contributed by atoms with Crippen LogP contribution < -0.4 is 5.56 Å². The lowest BCUT2D eigenvalue weighted by molar-refractivity contribution is -0.147. The van der Waals surface area contributed by atoms with Gasteiger partial charge < -0.3 is 9.64 Å². The molecule has 1 aliphatic rings. The van der Waals surface area contributed by atoms with Crippen molar-refractivity contribution in [2.45, 2.75) is 39.8 Å². The van der Waals surface area contributed by atoms with E-state index in [4.69, 9.17) is 4.74 Å². The molecule has 6 nitrogen and oxygen atoms in total. The van der Waals surface area contributed by atoms with Crippen LogP contribution in [0.3, 0.4) is 0 Å². The summed E-state index contributed by atoms with van der Waals surface area (Å²) in [5.74, 6) is -0.0776. The van der Waals surface area contributed by atoms with Gasteiger partial charge in [-0.25, -0.2) is 4.98 Å². The highest BCUT2D eigenvalue weighted by Gasteiger charge is 2.34. The number of amides is 1. The number of hydrogen-bond acceptors (Lipinski definition) is 5. The predicted molar refractivity (Wildman–Crippen MR) is 90.0 cm³/mol. The zero-order valence-electron chi connectivity index (χ0n) is 13.9. The van der Waals surface area contributed by atoms with Gasteiger partial charge in [0, 0.05) is 11.4 Å². The number of carbonyl (C=O) groups is 1. The van der Waals surface area contributed by atoms with Gasteiger partial charge in [-0.3, -0.25) is 14.2 Å². The normalized spacial score (nSPS) is 17.7. The van der Waals surface area contributed by atoms with Crippen molar-refractivity contribution >= 4 is 27.5 Å². The SMILES string of the molecule is Cc1sc2ncn(CC(=O)N3CCOCC3(C)C)c(=O)c2c1C. The Kier molecular flexibility index (Phi) is 4.01. The molecule has 1 amide bonds. The van der Waals surface area contributed by atoms with Crippen molar-refractivity contribution in [3.8, 4) is 0 Å². The monoisotopic (exact) mass is 335 g/mol. The summed E-state index contributed by atoms with van der Waals surface area (Å²) in [6.07, 6.45) is 1.48. The number of aryl methyl sites for hydroxylation is 2. The molecule has 0 aromatic carbocycles. The van der Waals surface area contributed by atoms with E-state index in [1.807, 2.05) is 27.7 Å². The van der Waals surface area contributed by atoms with E-state index in [0.29, 0.717) is 25.1 Å². The Bertz CT molecular complexity index is 822. The van der Waals surface area contributed by atoms with Crippen LogP contribution in [0.25, 0.3) is 10.2 Å². The molecule has 1 saturated heterocycles. The van der Waals surface area contributed by atoms with Gasteiger partial charge in [-0.15, -0.1) is 11.3 Å². The fourth-order valence-electron chi connectivity index (χ4n) is 2.93. The molecule has 2 aromatic heterocycles. The molecule has 2 aromatic rings. The number of carbonyl (C=O) groups excluding carboxylic acids is 1. The molecule has 0 saturated carbocycles. The predicted octanol–water partition coefficient (Wildman–Crippen LogP) is 1.71. The van der Waals surface area contributed by atoms with Gasteiger partial charge in [-0.1, -0.05) is 0 Å². The molecule has 0 unspecified atom stereocenters. The maximum atomic E-state index is 12.7. The van der Waals surface area contributed by atoms with Gasteiger partial charge in [0.2, 0.25) is 5.91 Å². The number of ether oxygens (including phenoxy) is 1. The Morgan fingerprint density at radius 2 is 2.17 bits per heavy atom. The van der Waals surface area contributed by atoms with Crippen LogP contribution in [0, 0.1) is 13.8 Å². The molecular formula is C16H21N3O3S. The molecule has 3 heterocycles. The minimum absolute atomic E-state index is 0.0134. The average molecular weight is 335 g/mol. The quantitative estimate of drug-likeness (QED) is 0.838. The molecule has 0 radical (unpaired) electrons. The fourth-order valence-corrected chi connectivity index (χ4v) is 3.92. The standard InChI is InChI=1S/C16H21N3O3S/c1-10-11(2)23-14-13(10)15(21)18(9-17-14)7-12(20)19-5-6-22-8-16(19,3)4/h9H,5-8H2,1-4H3. The van der Waals surface area contributed by atoms with Gasteiger partial charge in [-0.2, -0.15) is 0 Å². The molecule has 0 aliphatic carbocycles. The van der Waals surface area contributed by atoms with E-state index in [9.17, 15) is 9.59 Å². The van der Waals surface area contributed by atoms with Crippen molar-refractivity contribution in [2.75, 3.05) is 19.8 Å². The summed E-state index contributed by atoms with van der Waals surface area (Å²) in [6.45, 7) is 9.45. The third-order valence-electron chi connectivity index (χ3n) is 4.41. The van der Waals surface area contributed by atoms with E-state index in [0.717, 1.165) is 15.3 Å². The molecule has 0 spiro atoms. The van der Waals surface area contributed by atoms with Crippen molar-refractivity contribution in [1.29, 1.82) is 0 Å². The lowest BCUT2D eigenvalue weighted by Gasteiger charge is -2.42. The van der Waals surface area contributed by atoms with Crippen LogP contribution in [-0.2, 0) is 16.1 Å². The Hall–Kier alpha value is -1.73. The highest BCUT2D eigenvalue weighted by Crippen LogP contribution is 2.25. The molecule has 0 bridgehead atoms. The molecule has 0 atom stereocenters. The summed E-state index contributed by atoms with van der Waals surface area (Å²) < 4.78 is 6.85. The highest BCUT2D eigenvalue weighted by atomic mass is 32.1. The maximum absolute atomic E-state index is 12.7. The molecule has 3 rings (SSSR count). The lowest BCUT2D eigenvalue weighted by atomic mass is 10.0. The van der Waals surface area contributed by atoms with Gasteiger partial charge in [0.15, 0.2) is 0 Å². The van der Waals surface area contributed by atoms with Crippen LogP contribution >= 0.6 is 11.3 Å². The maximum Gasteiger partial charge on any atom is 0.262 e. The molecular weight excluding hydrogens is 314 g/mol. The molecule has 23 heavy (non-hydrogen) atoms. The number of aromatic nitrogens is 2. The van der Waals surface area contributed by atoms with E-state index < -0.39 is 0 Å². The van der Waals surface area contributed by atoms with Crippen molar-refractivity contribution < 1.29 is 9.53 Å². The second kappa shape index (κ2) is 5.72. The van der Waals surface area contributed by atoms with E-state index in [-0.39, 0.29) is 23.6 Å². The van der Waals surface area contributed by atoms with Crippen molar-refractivity contribution in [3.63, 3.8) is 0 Å². The van der Waals surface area contributed by atoms with Gasteiger partial charge in [0.05, 0.1) is 30.5 Å². The number of hydrogen-bond donors (Lipinski definition) is 0. The first-order chi connectivity index (χ1) is 10.8. The molecule has 7 heteroatoms. The van der Waals surface area contributed by atoms with Crippen LogP contribution in [0.4, 0.5) is 0 Å². The number of morpholine rings is 1. The minimum Gasteiger partial charge on any atom is -0.377 e. The second-order valence-corrected chi connectivity index (χ2v) is 7.75. The van der Waals surface area contributed by atoms with Crippen LogP contribution in [0.1, 0.15) is 24.3 Å². The summed E-state index contributed by atoms with van der Waals surface area (Å²) in [5, 5.41) is 0.629. The second-order valence-electron chi connectivity index (χ2n) is 6.55. The van der Waals surface area contributed by atoms with E-state index >= 15 is 0 Å². The van der Waals surface area contributed by atoms with Gasteiger partial charge in [0.1, 0.15) is 11.4 Å². The van der Waals surface area contributed by atoms with Gasteiger partial charge in [0.25, 0.3) is 5.56 Å². The Labute approximate surface area is 138 Å². The smallest absolute Gasteiger partial charge is 0.262 e. The number of fused-ring (bicyclic) bond motifs is 1. The fraction of sp³-hybridized carbons (Fsp3) is 0.562. The van der Waals surface area contributed by atoms with Gasteiger partial charge >= 0.3 is 0 Å². The number of thiophene rings is 1. The third kappa shape index (κ3) is 2.79. The van der Waals surface area contributed by atoms with Crippen molar-refractivity contribution in [2.24, 2.45) is 0 Å². The topological polar surface area (TPSA) is 64.4 Å². The summed E-state index contributed by atoms with van der Waals surface area (Å²) in [4.78, 5) is 33.3. The van der Waals surface area contributed by atoms with Crippen LogP contribution in [0.2, 0.25) is 0 Å². The molecule has 0 N–H and O–H groups in total. The molecule has 1 aliphatic heterocycles. The lowest BCUT2D eigenvalue weighted by Crippen LogP contribution is -2.56. The Morgan fingerprint density at radius 1 is 1.43 bits per heavy atom. The number of nitrogens with zero attached hydrogens (tertiary/aromatic N) is 3. The van der Waals surface area contributed by atoms with Crippen LogP contribution in [0.15, 0.2) is 11.1 Å². The first kappa shape index (κ1) is 16.1. The zero-order chi connectivity index (χ0) is 16.8. The first-order valence-electron chi connectivity index (χ1n) is 7.64. The van der Waals surface area contributed by atoms with Crippen LogP contribution in [-0.4, -0.2) is 45.7 Å². The zero-order valence-corrected chi connectivity index (χ0v) is 14.7. The largest absolute Gasteiger partial charge is 0.377 e. The molecule has 1 fully saturated rings. The molecule has 124 valence electrons. The van der Waals surface area contributed by atoms with Crippen molar-refractivity contribution in [3.05, 3.63) is 27.1 Å². The third-order valence-corrected chi connectivity index (χ3v) is 5.52. The summed E-state index contributed by atoms with van der Waals surface area (Å²) in [5.41, 5.74) is 0.456. The first-order valence-corrected chi connectivity index (χ1v) is 8.46. The van der Waals surface area contributed by atoms with Gasteiger partial charge in [-0.05, 0) is 33.3 Å². The number of rotatable bonds is 2.